The molecule has 0 aliphatic rings. The van der Waals surface area contributed by atoms with E-state index < -0.39 is 49.9 Å². The fraction of sp³-hybridized carbons (Fsp3) is 0.375. The Kier molecular flexibility index (Phi) is 12.2. The fourth-order valence-corrected chi connectivity index (χ4v) is 6.41. The van der Waals surface area contributed by atoms with E-state index in [1.807, 2.05) is 0 Å². The lowest BCUT2D eigenvalue weighted by Crippen LogP contribution is -2.43. The van der Waals surface area contributed by atoms with Crippen molar-refractivity contribution in [2.75, 3.05) is 19.2 Å². The highest BCUT2D eigenvalue weighted by molar-refractivity contribution is 7.57. The van der Waals surface area contributed by atoms with Gasteiger partial charge in [-0.3, -0.25) is 14.2 Å². The van der Waals surface area contributed by atoms with E-state index in [1.165, 1.54) is 20.4 Å². The number of hydrogen-bond acceptors (Lipinski definition) is 12. The molecule has 2 aromatic carbocycles. The molecule has 0 saturated carbocycles. The number of fused-ring (bicyclic) bond motifs is 1. The highest BCUT2D eigenvalue weighted by Gasteiger charge is 2.32. The van der Waals surface area contributed by atoms with Gasteiger partial charge in [0.2, 0.25) is 0 Å². The summed E-state index contributed by atoms with van der Waals surface area (Å²) in [6.45, 7) is 7.02. The van der Waals surface area contributed by atoms with E-state index in [0.717, 1.165) is 0 Å². The minimum Gasteiger partial charge on any atom is -0.467 e. The van der Waals surface area contributed by atoms with E-state index in [4.69, 9.17) is 24.5 Å². The van der Waals surface area contributed by atoms with E-state index in [2.05, 4.69) is 25.4 Å². The predicted octanol–water partition coefficient (Wildman–Crippen LogP) is 3.49. The summed E-state index contributed by atoms with van der Waals surface area (Å²) in [4.78, 5) is 50.2. The van der Waals surface area contributed by atoms with Gasteiger partial charge in [0, 0.05) is 12.0 Å². The summed E-state index contributed by atoms with van der Waals surface area (Å²) in [6, 6.07) is 13.0. The van der Waals surface area contributed by atoms with Crippen LogP contribution in [0.3, 0.4) is 0 Å². The SMILES string of the molecule is COC(=O)[C@H](Cc1ccc(O[P@@](=O)(CO[C@H](C)Cn2cnc3c(N)ncnc32)N[C@@H](C)C(=O)OC(C)C)cc1)NC(=O)c1ccccc1. The Labute approximate surface area is 278 Å². The number of anilines is 1. The normalized spacial score (nSPS) is 14.5. The predicted molar refractivity (Wildman–Crippen MR) is 177 cm³/mol. The van der Waals surface area contributed by atoms with Crippen LogP contribution in [0.25, 0.3) is 11.2 Å². The summed E-state index contributed by atoms with van der Waals surface area (Å²) in [5.41, 5.74) is 7.94. The quantitative estimate of drug-likeness (QED) is 0.115. The second-order valence-electron chi connectivity index (χ2n) is 11.3. The number of nitrogens with one attached hydrogen (secondary N) is 2. The third-order valence-corrected chi connectivity index (χ3v) is 8.73. The van der Waals surface area contributed by atoms with Crippen LogP contribution in [0.4, 0.5) is 5.82 Å². The van der Waals surface area contributed by atoms with Gasteiger partial charge < -0.3 is 34.4 Å². The van der Waals surface area contributed by atoms with Crippen molar-refractivity contribution < 1.29 is 37.7 Å². The maximum Gasteiger partial charge on any atom is 0.342 e. The van der Waals surface area contributed by atoms with Crippen molar-refractivity contribution in [3.8, 4) is 5.75 Å². The van der Waals surface area contributed by atoms with Crippen molar-refractivity contribution in [1.29, 1.82) is 0 Å². The topological polar surface area (TPSA) is 199 Å². The van der Waals surface area contributed by atoms with Gasteiger partial charge in [-0.2, -0.15) is 0 Å². The van der Waals surface area contributed by atoms with Gasteiger partial charge in [-0.1, -0.05) is 30.3 Å². The molecule has 4 atom stereocenters. The second kappa shape index (κ2) is 16.3. The van der Waals surface area contributed by atoms with E-state index in [0.29, 0.717) is 28.8 Å². The van der Waals surface area contributed by atoms with E-state index in [9.17, 15) is 18.9 Å². The molecule has 48 heavy (non-hydrogen) atoms. The molecule has 0 aliphatic heterocycles. The highest BCUT2D eigenvalue weighted by atomic mass is 31.2. The zero-order chi connectivity index (χ0) is 34.8. The number of esters is 2. The molecule has 2 heterocycles. The molecule has 4 rings (SSSR count). The molecule has 0 saturated heterocycles. The smallest absolute Gasteiger partial charge is 0.342 e. The molecule has 4 N–H and O–H groups in total. The van der Waals surface area contributed by atoms with E-state index in [-0.39, 0.29) is 24.1 Å². The van der Waals surface area contributed by atoms with Crippen molar-refractivity contribution in [2.24, 2.45) is 0 Å². The Hall–Kier alpha value is -4.85. The summed E-state index contributed by atoms with van der Waals surface area (Å²) >= 11 is 0. The number of benzene rings is 2. The molecule has 0 spiro atoms. The average Bonchev–Trinajstić information content (AvgIpc) is 3.47. The second-order valence-corrected chi connectivity index (χ2v) is 13.3. The summed E-state index contributed by atoms with van der Waals surface area (Å²) in [7, 11) is -2.64. The van der Waals surface area contributed by atoms with Crippen molar-refractivity contribution in [3.05, 3.63) is 78.4 Å². The Bertz CT molecular complexity index is 1750. The number of methoxy groups -OCH3 is 1. The number of nitrogens with two attached hydrogens (primary N) is 1. The van der Waals surface area contributed by atoms with E-state index >= 15 is 0 Å². The van der Waals surface area contributed by atoms with Crippen LogP contribution in [0, 0.1) is 0 Å². The number of ether oxygens (including phenoxy) is 3. The number of carbonyl (C=O) groups excluding carboxylic acids is 3. The lowest BCUT2D eigenvalue weighted by atomic mass is 10.1. The molecular weight excluding hydrogens is 641 g/mol. The Balaban J connectivity index is 1.46. The van der Waals surface area contributed by atoms with Gasteiger partial charge in [0.25, 0.3) is 5.91 Å². The van der Waals surface area contributed by atoms with Crippen LogP contribution in [0.15, 0.2) is 67.3 Å². The molecule has 0 fully saturated rings. The van der Waals surface area contributed by atoms with Crippen molar-refractivity contribution >= 4 is 42.3 Å². The van der Waals surface area contributed by atoms with Crippen LogP contribution >= 0.6 is 7.52 Å². The van der Waals surface area contributed by atoms with Crippen LogP contribution in [-0.2, 0) is 41.3 Å². The van der Waals surface area contributed by atoms with E-state index in [1.54, 1.807) is 86.3 Å². The van der Waals surface area contributed by atoms with Gasteiger partial charge in [-0.15, -0.1) is 0 Å². The summed E-state index contributed by atoms with van der Waals surface area (Å²) in [5.74, 6) is -1.17. The number of nitrogens with zero attached hydrogens (tertiary/aromatic N) is 4. The molecule has 0 unspecified atom stereocenters. The largest absolute Gasteiger partial charge is 0.467 e. The number of nitrogen functional groups attached to an aromatic ring is 1. The third kappa shape index (κ3) is 9.83. The van der Waals surface area contributed by atoms with Gasteiger partial charge in [-0.25, -0.2) is 24.8 Å². The minimum atomic E-state index is -3.89. The molecule has 256 valence electrons. The maximum atomic E-state index is 14.2. The number of hydrogen-bond donors (Lipinski definition) is 3. The number of amides is 1. The van der Waals surface area contributed by atoms with Crippen molar-refractivity contribution in [2.45, 2.75) is 65.0 Å². The maximum absolute atomic E-state index is 14.2. The standard InChI is InChI=1S/C32H40N7O8P/c1-20(2)46-31(41)22(4)38-48(43,19-45-21(3)16-39-18-36-27-28(33)34-17-35-29(27)39)47-25-13-11-23(12-14-25)15-26(32(42)44-5)37-30(40)24-9-7-6-8-10-24/h6-14,17-18,20-22,26H,15-16,19H2,1-5H3,(H,37,40)(H,38,43)(H2,33,34,35)/t21-,22+,26+,48+/m1/s1. The average molecular weight is 682 g/mol. The van der Waals surface area contributed by atoms with Crippen molar-refractivity contribution in [3.63, 3.8) is 0 Å². The number of rotatable bonds is 16. The van der Waals surface area contributed by atoms with Gasteiger partial charge in [-0.05, 0) is 57.5 Å². The fourth-order valence-electron chi connectivity index (χ4n) is 4.62. The van der Waals surface area contributed by atoms with Crippen LogP contribution in [0.5, 0.6) is 5.75 Å². The molecule has 2 aromatic heterocycles. The Morgan fingerprint density at radius 2 is 1.67 bits per heavy atom. The molecule has 1 amide bonds. The van der Waals surface area contributed by atoms with Gasteiger partial charge in [0.15, 0.2) is 11.5 Å². The van der Waals surface area contributed by atoms with Gasteiger partial charge in [0.05, 0.1) is 32.2 Å². The van der Waals surface area contributed by atoms with Crippen molar-refractivity contribution in [1.82, 2.24) is 29.9 Å². The molecular formula is C32H40N7O8P. The molecule has 0 radical (unpaired) electrons. The number of aromatic nitrogens is 4. The first-order chi connectivity index (χ1) is 22.9. The first kappa shape index (κ1) is 36.0. The summed E-state index contributed by atoms with van der Waals surface area (Å²) in [6.07, 6.45) is 1.77. The molecule has 0 bridgehead atoms. The summed E-state index contributed by atoms with van der Waals surface area (Å²) < 4.78 is 38.0. The summed E-state index contributed by atoms with van der Waals surface area (Å²) in [5, 5.41) is 5.48. The van der Waals surface area contributed by atoms with Crippen LogP contribution in [0.1, 0.15) is 43.6 Å². The van der Waals surface area contributed by atoms with Crippen LogP contribution in [0.2, 0.25) is 0 Å². The molecule has 15 nitrogen and oxygen atoms in total. The lowest BCUT2D eigenvalue weighted by molar-refractivity contribution is -0.149. The Morgan fingerprint density at radius 3 is 2.33 bits per heavy atom. The number of imidazole rings is 1. The first-order valence-electron chi connectivity index (χ1n) is 15.2. The molecule has 16 heteroatoms. The monoisotopic (exact) mass is 681 g/mol. The first-order valence-corrected chi connectivity index (χ1v) is 17.0. The zero-order valence-electron chi connectivity index (χ0n) is 27.4. The third-order valence-electron chi connectivity index (χ3n) is 6.95. The zero-order valence-corrected chi connectivity index (χ0v) is 28.3. The van der Waals surface area contributed by atoms with Gasteiger partial charge >= 0.3 is 19.5 Å². The van der Waals surface area contributed by atoms with Crippen LogP contribution < -0.4 is 20.7 Å². The molecule has 4 aromatic rings. The minimum absolute atomic E-state index is 0.125. The number of carbonyl (C=O) groups is 3. The van der Waals surface area contributed by atoms with Crippen LogP contribution in [-0.4, -0.2) is 75.1 Å². The lowest BCUT2D eigenvalue weighted by Gasteiger charge is -2.25. The Morgan fingerprint density at radius 1 is 0.958 bits per heavy atom. The highest BCUT2D eigenvalue weighted by Crippen LogP contribution is 2.44. The van der Waals surface area contributed by atoms with Gasteiger partial charge in [0.1, 0.15) is 36.0 Å². The molecule has 0 aliphatic carbocycles.